The summed E-state index contributed by atoms with van der Waals surface area (Å²) in [5.74, 6) is 0. The monoisotopic (exact) mass is 360 g/mol. The molecule has 0 spiro atoms. The molecule has 1 aromatic carbocycles. The van der Waals surface area contributed by atoms with Crippen molar-refractivity contribution in [3.63, 3.8) is 0 Å². The van der Waals surface area contributed by atoms with Crippen molar-refractivity contribution in [2.24, 2.45) is 0 Å². The highest BCUT2D eigenvalue weighted by molar-refractivity contribution is 5.68. The van der Waals surface area contributed by atoms with E-state index in [4.69, 9.17) is 4.74 Å². The zero-order valence-electron chi connectivity index (χ0n) is 17.1. The van der Waals surface area contributed by atoms with Gasteiger partial charge in [0.05, 0.1) is 6.04 Å². The maximum absolute atomic E-state index is 12.6. The molecule has 1 heterocycles. The van der Waals surface area contributed by atoms with Crippen LogP contribution in [0, 0.1) is 0 Å². The zero-order chi connectivity index (χ0) is 19.2. The average Bonchev–Trinajstić information content (AvgIpc) is 2.51. The fraction of sp³-hybridized carbons (Fsp3) is 0.682. The highest BCUT2D eigenvalue weighted by Gasteiger charge is 2.39. The molecule has 4 heteroatoms. The standard InChI is InChI=1S/C22H36N2O2/c1-6-7-9-14-19(17-12-10-8-11-13-17)23-20(25)26-18-15-21(2,3)24-22(4,5)16-18/h8,10-13,18-19,24H,6-7,9,14-16H2,1-5H3,(H,23,25). The number of rotatable bonds is 7. The molecule has 1 aromatic rings. The molecule has 0 saturated carbocycles. The summed E-state index contributed by atoms with van der Waals surface area (Å²) >= 11 is 0. The second-order valence-electron chi connectivity index (χ2n) is 8.93. The second-order valence-corrected chi connectivity index (χ2v) is 8.93. The molecule has 0 aromatic heterocycles. The van der Waals surface area contributed by atoms with Gasteiger partial charge in [-0.15, -0.1) is 0 Å². The summed E-state index contributed by atoms with van der Waals surface area (Å²) in [4.78, 5) is 12.6. The van der Waals surface area contributed by atoms with E-state index >= 15 is 0 Å². The van der Waals surface area contributed by atoms with Crippen molar-refractivity contribution >= 4 is 6.09 Å². The summed E-state index contributed by atoms with van der Waals surface area (Å²) in [5.41, 5.74) is 1.07. The van der Waals surface area contributed by atoms with Gasteiger partial charge < -0.3 is 15.4 Å². The number of alkyl carbamates (subject to hydrolysis) is 1. The Labute approximate surface area is 159 Å². The lowest BCUT2D eigenvalue weighted by Crippen LogP contribution is -2.60. The lowest BCUT2D eigenvalue weighted by atomic mass is 9.81. The number of hydrogen-bond donors (Lipinski definition) is 2. The third-order valence-electron chi connectivity index (χ3n) is 5.02. The molecule has 1 fully saturated rings. The highest BCUT2D eigenvalue weighted by atomic mass is 16.6. The van der Waals surface area contributed by atoms with Gasteiger partial charge in [-0.25, -0.2) is 4.79 Å². The predicted molar refractivity (Wildman–Crippen MR) is 107 cm³/mol. The van der Waals surface area contributed by atoms with Crippen LogP contribution in [0.15, 0.2) is 30.3 Å². The van der Waals surface area contributed by atoms with E-state index in [1.165, 1.54) is 12.8 Å². The largest absolute Gasteiger partial charge is 0.446 e. The number of hydrogen-bond acceptors (Lipinski definition) is 3. The predicted octanol–water partition coefficient (Wildman–Crippen LogP) is 5.34. The molecule has 2 N–H and O–H groups in total. The SMILES string of the molecule is CCCCCC(NC(=O)OC1CC(C)(C)NC(C)(C)C1)c1ccccc1. The number of amides is 1. The van der Waals surface area contributed by atoms with Crippen LogP contribution in [0.4, 0.5) is 4.79 Å². The minimum absolute atomic E-state index is 0.0120. The van der Waals surface area contributed by atoms with Crippen LogP contribution >= 0.6 is 0 Å². The van der Waals surface area contributed by atoms with Crippen molar-refractivity contribution in [1.29, 1.82) is 0 Å². The minimum Gasteiger partial charge on any atom is -0.446 e. The highest BCUT2D eigenvalue weighted by Crippen LogP contribution is 2.30. The zero-order valence-corrected chi connectivity index (χ0v) is 17.1. The van der Waals surface area contributed by atoms with E-state index in [-0.39, 0.29) is 29.3 Å². The van der Waals surface area contributed by atoms with Crippen molar-refractivity contribution in [3.05, 3.63) is 35.9 Å². The average molecular weight is 361 g/mol. The quantitative estimate of drug-likeness (QED) is 0.645. The minimum atomic E-state index is -0.297. The Balaban J connectivity index is 1.98. The summed E-state index contributed by atoms with van der Waals surface area (Å²) < 4.78 is 5.83. The van der Waals surface area contributed by atoms with Gasteiger partial charge in [0.2, 0.25) is 0 Å². The number of nitrogens with one attached hydrogen (secondary N) is 2. The Bertz CT molecular complexity index is 553. The second kappa shape index (κ2) is 8.90. The first-order chi connectivity index (χ1) is 12.2. The van der Waals surface area contributed by atoms with E-state index in [0.717, 1.165) is 31.2 Å². The van der Waals surface area contributed by atoms with Gasteiger partial charge in [-0.05, 0) is 39.7 Å². The molecule has 1 aliphatic heterocycles. The van der Waals surface area contributed by atoms with Crippen LogP contribution in [0.1, 0.15) is 84.7 Å². The molecule has 1 unspecified atom stereocenters. The van der Waals surface area contributed by atoms with Gasteiger partial charge in [-0.2, -0.15) is 0 Å². The van der Waals surface area contributed by atoms with Gasteiger partial charge in [0.25, 0.3) is 0 Å². The normalized spacial score (nSPS) is 20.3. The summed E-state index contributed by atoms with van der Waals surface area (Å²) in [6.45, 7) is 10.9. The van der Waals surface area contributed by atoms with Crippen molar-refractivity contribution in [3.8, 4) is 0 Å². The van der Waals surface area contributed by atoms with Crippen LogP contribution in [0.5, 0.6) is 0 Å². The molecule has 1 saturated heterocycles. The van der Waals surface area contributed by atoms with E-state index in [0.29, 0.717) is 0 Å². The first-order valence-electron chi connectivity index (χ1n) is 10.0. The molecule has 26 heavy (non-hydrogen) atoms. The lowest BCUT2D eigenvalue weighted by Gasteiger charge is -2.45. The Morgan fingerprint density at radius 1 is 1.15 bits per heavy atom. The van der Waals surface area contributed by atoms with Gasteiger partial charge in [-0.1, -0.05) is 56.5 Å². The van der Waals surface area contributed by atoms with Gasteiger partial charge in [0.15, 0.2) is 0 Å². The van der Waals surface area contributed by atoms with Gasteiger partial charge in [0, 0.05) is 23.9 Å². The Hall–Kier alpha value is -1.55. The van der Waals surface area contributed by atoms with Gasteiger partial charge in [-0.3, -0.25) is 0 Å². The third-order valence-corrected chi connectivity index (χ3v) is 5.02. The molecule has 1 aliphatic rings. The summed E-state index contributed by atoms with van der Waals surface area (Å²) in [6.07, 6.45) is 5.69. The first-order valence-corrected chi connectivity index (χ1v) is 10.0. The lowest BCUT2D eigenvalue weighted by molar-refractivity contribution is 0.0180. The summed E-state index contributed by atoms with van der Waals surface area (Å²) in [7, 11) is 0. The van der Waals surface area contributed by atoms with Crippen LogP contribution in [-0.2, 0) is 4.74 Å². The topological polar surface area (TPSA) is 50.4 Å². The molecule has 0 bridgehead atoms. The Morgan fingerprint density at radius 3 is 2.35 bits per heavy atom. The molecule has 0 aliphatic carbocycles. The molecule has 0 radical (unpaired) electrons. The fourth-order valence-corrected chi connectivity index (χ4v) is 4.25. The molecule has 2 rings (SSSR count). The molecule has 1 atom stereocenters. The van der Waals surface area contributed by atoms with E-state index in [1.807, 2.05) is 18.2 Å². The number of ether oxygens (including phenoxy) is 1. The molecule has 146 valence electrons. The number of carbonyl (C=O) groups is 1. The number of unbranched alkanes of at least 4 members (excludes halogenated alkanes) is 2. The van der Waals surface area contributed by atoms with Gasteiger partial charge in [0.1, 0.15) is 6.10 Å². The molecular formula is C22H36N2O2. The Kier molecular flexibility index (Phi) is 7.10. The number of benzene rings is 1. The first kappa shape index (κ1) is 20.8. The maximum atomic E-state index is 12.6. The van der Waals surface area contributed by atoms with E-state index < -0.39 is 0 Å². The number of carbonyl (C=O) groups excluding carboxylic acids is 1. The van der Waals surface area contributed by atoms with Crippen molar-refractivity contribution in [2.45, 2.75) is 96.4 Å². The van der Waals surface area contributed by atoms with E-state index in [1.54, 1.807) is 0 Å². The van der Waals surface area contributed by atoms with Crippen LogP contribution in [0.25, 0.3) is 0 Å². The molecular weight excluding hydrogens is 324 g/mol. The van der Waals surface area contributed by atoms with Crippen molar-refractivity contribution in [2.75, 3.05) is 0 Å². The van der Waals surface area contributed by atoms with Crippen LogP contribution in [0.2, 0.25) is 0 Å². The summed E-state index contributed by atoms with van der Waals surface area (Å²) in [6, 6.07) is 10.2. The number of piperidine rings is 1. The van der Waals surface area contributed by atoms with Crippen LogP contribution < -0.4 is 10.6 Å². The van der Waals surface area contributed by atoms with Crippen molar-refractivity contribution < 1.29 is 9.53 Å². The van der Waals surface area contributed by atoms with Gasteiger partial charge >= 0.3 is 6.09 Å². The van der Waals surface area contributed by atoms with Crippen LogP contribution in [-0.4, -0.2) is 23.3 Å². The molecule has 4 nitrogen and oxygen atoms in total. The Morgan fingerprint density at radius 2 is 1.77 bits per heavy atom. The summed E-state index contributed by atoms with van der Waals surface area (Å²) in [5, 5.41) is 6.74. The van der Waals surface area contributed by atoms with Crippen LogP contribution in [0.3, 0.4) is 0 Å². The smallest absolute Gasteiger partial charge is 0.407 e. The molecule has 1 amide bonds. The maximum Gasteiger partial charge on any atom is 0.407 e. The third kappa shape index (κ3) is 6.64. The van der Waals surface area contributed by atoms with E-state index in [2.05, 4.69) is 57.4 Å². The fourth-order valence-electron chi connectivity index (χ4n) is 4.25. The van der Waals surface area contributed by atoms with E-state index in [9.17, 15) is 4.79 Å². The van der Waals surface area contributed by atoms with Crippen molar-refractivity contribution in [1.82, 2.24) is 10.6 Å².